The van der Waals surface area contributed by atoms with Gasteiger partial charge in [-0.05, 0) is 42.9 Å². The van der Waals surface area contributed by atoms with Gasteiger partial charge in [-0.15, -0.1) is 0 Å². The van der Waals surface area contributed by atoms with Crippen molar-refractivity contribution in [2.24, 2.45) is 0 Å². The van der Waals surface area contributed by atoms with Gasteiger partial charge in [-0.1, -0.05) is 28.1 Å². The highest BCUT2D eigenvalue weighted by Gasteiger charge is 2.24. The lowest BCUT2D eigenvalue weighted by Gasteiger charge is -2.02. The molecule has 0 heterocycles. The molecule has 0 nitrogen and oxygen atoms in total. The van der Waals surface area contributed by atoms with E-state index in [9.17, 15) is 0 Å². The second kappa shape index (κ2) is 2.63. The van der Waals surface area contributed by atoms with E-state index in [1.807, 2.05) is 0 Å². The van der Waals surface area contributed by atoms with Gasteiger partial charge in [-0.25, -0.2) is 0 Å². The van der Waals surface area contributed by atoms with Crippen LogP contribution in [0.4, 0.5) is 0 Å². The van der Waals surface area contributed by atoms with Crippen LogP contribution in [0.2, 0.25) is 0 Å². The van der Waals surface area contributed by atoms with Crippen LogP contribution in [0.15, 0.2) is 22.7 Å². The van der Waals surface area contributed by atoms with Crippen LogP contribution in [0.1, 0.15) is 29.9 Å². The minimum atomic E-state index is 0.852. The molecule has 1 saturated carbocycles. The second-order valence-corrected chi connectivity index (χ2v) is 4.15. The van der Waals surface area contributed by atoms with E-state index in [2.05, 4.69) is 41.1 Å². The molecule has 0 spiro atoms. The van der Waals surface area contributed by atoms with Crippen LogP contribution in [0.3, 0.4) is 0 Å². The molecular formula is C10H11Br. The van der Waals surface area contributed by atoms with E-state index in [0.717, 1.165) is 5.92 Å². The highest BCUT2D eigenvalue weighted by Crippen LogP contribution is 2.43. The van der Waals surface area contributed by atoms with Crippen LogP contribution in [-0.2, 0) is 0 Å². The SMILES string of the molecule is Cc1ccc(C2CC2)c(Br)c1. The van der Waals surface area contributed by atoms with Gasteiger partial charge in [-0.3, -0.25) is 0 Å². The summed E-state index contributed by atoms with van der Waals surface area (Å²) in [6.07, 6.45) is 2.75. The third kappa shape index (κ3) is 1.48. The van der Waals surface area contributed by atoms with Crippen molar-refractivity contribution in [2.75, 3.05) is 0 Å². The quantitative estimate of drug-likeness (QED) is 0.665. The fraction of sp³-hybridized carbons (Fsp3) is 0.400. The molecule has 0 bridgehead atoms. The van der Waals surface area contributed by atoms with Crippen LogP contribution in [0.25, 0.3) is 0 Å². The molecule has 0 aliphatic heterocycles. The lowest BCUT2D eigenvalue weighted by atomic mass is 10.1. The second-order valence-electron chi connectivity index (χ2n) is 3.30. The Morgan fingerprint density at radius 1 is 1.36 bits per heavy atom. The topological polar surface area (TPSA) is 0 Å². The van der Waals surface area contributed by atoms with E-state index < -0.39 is 0 Å². The number of benzene rings is 1. The fourth-order valence-electron chi connectivity index (χ4n) is 1.36. The molecule has 0 N–H and O–H groups in total. The Balaban J connectivity index is 2.39. The minimum Gasteiger partial charge on any atom is -0.0590 e. The molecule has 2 rings (SSSR count). The van der Waals surface area contributed by atoms with Gasteiger partial charge in [0.2, 0.25) is 0 Å². The molecule has 1 aliphatic carbocycles. The summed E-state index contributed by atoms with van der Waals surface area (Å²) >= 11 is 3.59. The summed E-state index contributed by atoms with van der Waals surface area (Å²) in [6.45, 7) is 2.13. The van der Waals surface area contributed by atoms with Crippen molar-refractivity contribution in [1.82, 2.24) is 0 Å². The first-order chi connectivity index (χ1) is 5.27. The van der Waals surface area contributed by atoms with Gasteiger partial charge < -0.3 is 0 Å². The molecule has 0 saturated heterocycles. The number of rotatable bonds is 1. The van der Waals surface area contributed by atoms with Crippen molar-refractivity contribution in [3.8, 4) is 0 Å². The van der Waals surface area contributed by atoms with Crippen molar-refractivity contribution < 1.29 is 0 Å². The maximum Gasteiger partial charge on any atom is 0.0212 e. The molecule has 1 aromatic rings. The fourth-order valence-corrected chi connectivity index (χ4v) is 2.17. The summed E-state index contributed by atoms with van der Waals surface area (Å²) in [5, 5.41) is 0. The highest BCUT2D eigenvalue weighted by atomic mass is 79.9. The van der Waals surface area contributed by atoms with E-state index in [-0.39, 0.29) is 0 Å². The van der Waals surface area contributed by atoms with Gasteiger partial charge in [0.25, 0.3) is 0 Å². The summed E-state index contributed by atoms with van der Waals surface area (Å²) in [7, 11) is 0. The monoisotopic (exact) mass is 210 g/mol. The Morgan fingerprint density at radius 3 is 2.64 bits per heavy atom. The average Bonchev–Trinajstić information content (AvgIpc) is 2.70. The van der Waals surface area contributed by atoms with Gasteiger partial charge >= 0.3 is 0 Å². The van der Waals surface area contributed by atoms with Crippen molar-refractivity contribution in [3.63, 3.8) is 0 Å². The minimum absolute atomic E-state index is 0.852. The van der Waals surface area contributed by atoms with Gasteiger partial charge in [0.15, 0.2) is 0 Å². The molecule has 0 aromatic heterocycles. The molecular weight excluding hydrogens is 200 g/mol. The van der Waals surface area contributed by atoms with Crippen LogP contribution in [0, 0.1) is 6.92 Å². The Labute approximate surface area is 75.8 Å². The summed E-state index contributed by atoms with van der Waals surface area (Å²) in [5.41, 5.74) is 2.83. The zero-order valence-electron chi connectivity index (χ0n) is 6.60. The average molecular weight is 211 g/mol. The van der Waals surface area contributed by atoms with E-state index in [1.54, 1.807) is 0 Å². The van der Waals surface area contributed by atoms with E-state index in [1.165, 1.54) is 28.4 Å². The van der Waals surface area contributed by atoms with E-state index in [0.29, 0.717) is 0 Å². The van der Waals surface area contributed by atoms with Crippen LogP contribution in [-0.4, -0.2) is 0 Å². The zero-order chi connectivity index (χ0) is 7.84. The van der Waals surface area contributed by atoms with Crippen LogP contribution in [0.5, 0.6) is 0 Å². The van der Waals surface area contributed by atoms with Crippen LogP contribution < -0.4 is 0 Å². The van der Waals surface area contributed by atoms with Gasteiger partial charge in [0.1, 0.15) is 0 Å². The predicted octanol–water partition coefficient (Wildman–Crippen LogP) is 3.63. The molecule has 1 fully saturated rings. The standard InChI is InChI=1S/C10H11Br/c1-7-2-5-9(8-3-4-8)10(11)6-7/h2,5-6,8H,3-4H2,1H3. The zero-order valence-corrected chi connectivity index (χ0v) is 8.19. The Kier molecular flexibility index (Phi) is 1.76. The molecule has 1 aliphatic rings. The van der Waals surface area contributed by atoms with Gasteiger partial charge in [0.05, 0.1) is 0 Å². The van der Waals surface area contributed by atoms with E-state index >= 15 is 0 Å². The first-order valence-electron chi connectivity index (χ1n) is 4.03. The summed E-state index contributed by atoms with van der Waals surface area (Å²) in [6, 6.07) is 6.64. The number of hydrogen-bond acceptors (Lipinski definition) is 0. The highest BCUT2D eigenvalue weighted by molar-refractivity contribution is 9.10. The molecule has 0 radical (unpaired) electrons. The first-order valence-corrected chi connectivity index (χ1v) is 4.83. The third-order valence-corrected chi connectivity index (χ3v) is 2.86. The normalized spacial score (nSPS) is 16.9. The number of halogens is 1. The van der Waals surface area contributed by atoms with Crippen molar-refractivity contribution >= 4 is 15.9 Å². The van der Waals surface area contributed by atoms with Crippen molar-refractivity contribution in [2.45, 2.75) is 25.7 Å². The molecule has 0 amide bonds. The first kappa shape index (κ1) is 7.35. The number of aryl methyl sites for hydroxylation is 1. The molecule has 11 heavy (non-hydrogen) atoms. The number of hydrogen-bond donors (Lipinski definition) is 0. The van der Waals surface area contributed by atoms with E-state index in [4.69, 9.17) is 0 Å². The lowest BCUT2D eigenvalue weighted by Crippen LogP contribution is -1.82. The summed E-state index contributed by atoms with van der Waals surface area (Å²) < 4.78 is 1.29. The molecule has 58 valence electrons. The van der Waals surface area contributed by atoms with Crippen molar-refractivity contribution in [1.29, 1.82) is 0 Å². The largest absolute Gasteiger partial charge is 0.0590 e. The third-order valence-electron chi connectivity index (χ3n) is 2.17. The molecule has 0 atom stereocenters. The predicted molar refractivity (Wildman–Crippen MR) is 50.9 cm³/mol. The maximum absolute atomic E-state index is 3.59. The molecule has 0 unspecified atom stereocenters. The summed E-state index contributed by atoms with van der Waals surface area (Å²) in [4.78, 5) is 0. The van der Waals surface area contributed by atoms with Crippen LogP contribution >= 0.6 is 15.9 Å². The van der Waals surface area contributed by atoms with Gasteiger partial charge in [-0.2, -0.15) is 0 Å². The maximum atomic E-state index is 3.59. The van der Waals surface area contributed by atoms with Gasteiger partial charge in [0, 0.05) is 4.47 Å². The summed E-state index contributed by atoms with van der Waals surface area (Å²) in [5.74, 6) is 0.852. The molecule has 1 aromatic carbocycles. The Bertz CT molecular complexity index is 274. The van der Waals surface area contributed by atoms with Crippen molar-refractivity contribution in [3.05, 3.63) is 33.8 Å². The Morgan fingerprint density at radius 2 is 2.09 bits per heavy atom. The molecule has 1 heteroatoms. The lowest BCUT2D eigenvalue weighted by molar-refractivity contribution is 1.11. The smallest absolute Gasteiger partial charge is 0.0212 e. The Hall–Kier alpha value is -0.300.